The summed E-state index contributed by atoms with van der Waals surface area (Å²) in [6, 6.07) is 8.37. The van der Waals surface area contributed by atoms with Crippen molar-refractivity contribution < 1.29 is 0 Å². The summed E-state index contributed by atoms with van der Waals surface area (Å²) in [4.78, 5) is 0. The lowest BCUT2D eigenvalue weighted by atomic mass is 10.0. The molecular weight excluding hydrogens is 224 g/mol. The molecule has 0 atom stereocenters. The summed E-state index contributed by atoms with van der Waals surface area (Å²) in [6.07, 6.45) is 4.38. The zero-order valence-electron chi connectivity index (χ0n) is 10.5. The van der Waals surface area contributed by atoms with Crippen molar-refractivity contribution in [2.24, 2.45) is 5.73 Å². The van der Waals surface area contributed by atoms with Crippen LogP contribution in [0, 0.1) is 0 Å². The van der Waals surface area contributed by atoms with E-state index in [1.165, 1.54) is 24.0 Å². The van der Waals surface area contributed by atoms with Gasteiger partial charge >= 0.3 is 0 Å². The van der Waals surface area contributed by atoms with Gasteiger partial charge in [0.1, 0.15) is 5.82 Å². The van der Waals surface area contributed by atoms with Gasteiger partial charge in [0.25, 0.3) is 0 Å². The molecule has 2 heterocycles. The van der Waals surface area contributed by atoms with Gasteiger partial charge in [0.15, 0.2) is 5.82 Å². The summed E-state index contributed by atoms with van der Waals surface area (Å²) < 4.78 is 2.26. The number of nitrogens with two attached hydrogens (primary N) is 1. The normalized spacial score (nSPS) is 14.5. The first-order valence-electron chi connectivity index (χ1n) is 6.60. The summed E-state index contributed by atoms with van der Waals surface area (Å²) in [5, 5.41) is 8.70. The average Bonchev–Trinajstić information content (AvgIpc) is 2.84. The second kappa shape index (κ2) is 4.90. The van der Waals surface area contributed by atoms with Crippen LogP contribution in [0.3, 0.4) is 0 Å². The fraction of sp³-hybridized carbons (Fsp3) is 0.429. The third kappa shape index (κ3) is 1.93. The van der Waals surface area contributed by atoms with Crippen LogP contribution >= 0.6 is 0 Å². The standard InChI is InChI=1S/C14H18N4/c15-9-8-11-5-1-2-6-12(11)14-17-16-13-7-3-4-10-18(13)14/h1-2,5-6H,3-4,7-10,15H2. The van der Waals surface area contributed by atoms with Crippen molar-refractivity contribution in [2.75, 3.05) is 6.54 Å². The van der Waals surface area contributed by atoms with Crippen molar-refractivity contribution in [1.29, 1.82) is 0 Å². The molecular formula is C14H18N4. The van der Waals surface area contributed by atoms with Crippen LogP contribution in [-0.2, 0) is 19.4 Å². The SMILES string of the molecule is NCCc1ccccc1-c1nnc2n1CCCC2. The molecule has 94 valence electrons. The van der Waals surface area contributed by atoms with E-state index < -0.39 is 0 Å². The molecule has 0 saturated heterocycles. The third-order valence-corrected chi connectivity index (χ3v) is 3.53. The molecule has 0 fully saturated rings. The maximum Gasteiger partial charge on any atom is 0.164 e. The predicted octanol–water partition coefficient (Wildman–Crippen LogP) is 1.78. The topological polar surface area (TPSA) is 56.7 Å². The Morgan fingerprint density at radius 1 is 1.17 bits per heavy atom. The molecule has 2 aromatic rings. The lowest BCUT2D eigenvalue weighted by Crippen LogP contribution is -2.12. The second-order valence-electron chi connectivity index (χ2n) is 4.74. The van der Waals surface area contributed by atoms with E-state index in [-0.39, 0.29) is 0 Å². The molecule has 1 aromatic heterocycles. The van der Waals surface area contributed by atoms with Crippen LogP contribution < -0.4 is 5.73 Å². The smallest absolute Gasteiger partial charge is 0.164 e. The van der Waals surface area contributed by atoms with Crippen LogP contribution in [0.4, 0.5) is 0 Å². The predicted molar refractivity (Wildman–Crippen MR) is 71.2 cm³/mol. The van der Waals surface area contributed by atoms with Crippen molar-refractivity contribution in [3.63, 3.8) is 0 Å². The van der Waals surface area contributed by atoms with E-state index >= 15 is 0 Å². The fourth-order valence-corrected chi connectivity index (χ4v) is 2.62. The lowest BCUT2D eigenvalue weighted by molar-refractivity contribution is 0.525. The highest BCUT2D eigenvalue weighted by atomic mass is 15.3. The van der Waals surface area contributed by atoms with Gasteiger partial charge in [0.05, 0.1) is 0 Å². The summed E-state index contributed by atoms with van der Waals surface area (Å²) in [6.45, 7) is 1.70. The van der Waals surface area contributed by atoms with E-state index in [1.807, 2.05) is 0 Å². The van der Waals surface area contributed by atoms with Gasteiger partial charge in [-0.05, 0) is 31.4 Å². The fourth-order valence-electron chi connectivity index (χ4n) is 2.62. The van der Waals surface area contributed by atoms with Gasteiger partial charge in [0, 0.05) is 18.5 Å². The Morgan fingerprint density at radius 3 is 2.94 bits per heavy atom. The molecule has 1 aliphatic rings. The Balaban J connectivity index is 2.07. The minimum atomic E-state index is 0.665. The molecule has 1 aromatic carbocycles. The van der Waals surface area contributed by atoms with E-state index in [0.717, 1.165) is 31.0 Å². The summed E-state index contributed by atoms with van der Waals surface area (Å²) in [5.74, 6) is 2.13. The number of nitrogens with zero attached hydrogens (tertiary/aromatic N) is 3. The molecule has 0 radical (unpaired) electrons. The molecule has 4 heteroatoms. The number of fused-ring (bicyclic) bond motifs is 1. The van der Waals surface area contributed by atoms with Gasteiger partial charge in [0.2, 0.25) is 0 Å². The van der Waals surface area contributed by atoms with Crippen LogP contribution in [0.2, 0.25) is 0 Å². The quantitative estimate of drug-likeness (QED) is 0.892. The van der Waals surface area contributed by atoms with Crippen molar-refractivity contribution in [1.82, 2.24) is 14.8 Å². The van der Waals surface area contributed by atoms with Gasteiger partial charge in [-0.15, -0.1) is 10.2 Å². The lowest BCUT2D eigenvalue weighted by Gasteiger charge is -2.16. The Hall–Kier alpha value is -1.68. The van der Waals surface area contributed by atoms with Gasteiger partial charge in [-0.2, -0.15) is 0 Å². The molecule has 0 spiro atoms. The molecule has 0 aliphatic carbocycles. The minimum Gasteiger partial charge on any atom is -0.330 e. The van der Waals surface area contributed by atoms with Crippen LogP contribution in [0.1, 0.15) is 24.2 Å². The van der Waals surface area contributed by atoms with E-state index in [1.54, 1.807) is 0 Å². The first-order valence-corrected chi connectivity index (χ1v) is 6.60. The molecule has 0 bridgehead atoms. The van der Waals surface area contributed by atoms with Gasteiger partial charge in [-0.3, -0.25) is 0 Å². The van der Waals surface area contributed by atoms with Crippen molar-refractivity contribution in [3.05, 3.63) is 35.7 Å². The van der Waals surface area contributed by atoms with E-state index in [9.17, 15) is 0 Å². The van der Waals surface area contributed by atoms with Crippen LogP contribution in [0.5, 0.6) is 0 Å². The van der Waals surface area contributed by atoms with E-state index in [0.29, 0.717) is 6.54 Å². The van der Waals surface area contributed by atoms with E-state index in [2.05, 4.69) is 39.0 Å². The number of hydrogen-bond acceptors (Lipinski definition) is 3. The largest absolute Gasteiger partial charge is 0.330 e. The maximum atomic E-state index is 5.68. The summed E-state index contributed by atoms with van der Waals surface area (Å²) in [7, 11) is 0. The number of benzene rings is 1. The van der Waals surface area contributed by atoms with Crippen molar-refractivity contribution in [2.45, 2.75) is 32.2 Å². The second-order valence-corrected chi connectivity index (χ2v) is 4.74. The highest BCUT2D eigenvalue weighted by Gasteiger charge is 2.18. The average molecular weight is 242 g/mol. The Kier molecular flexibility index (Phi) is 3.11. The van der Waals surface area contributed by atoms with Crippen molar-refractivity contribution in [3.8, 4) is 11.4 Å². The molecule has 4 nitrogen and oxygen atoms in total. The first kappa shape index (κ1) is 11.4. The van der Waals surface area contributed by atoms with Crippen LogP contribution in [0.25, 0.3) is 11.4 Å². The highest BCUT2D eigenvalue weighted by Crippen LogP contribution is 2.25. The van der Waals surface area contributed by atoms with Crippen LogP contribution in [0.15, 0.2) is 24.3 Å². The number of rotatable bonds is 3. The van der Waals surface area contributed by atoms with Gasteiger partial charge in [-0.1, -0.05) is 24.3 Å². The maximum absolute atomic E-state index is 5.68. The Bertz CT molecular complexity index is 544. The monoisotopic (exact) mass is 242 g/mol. The number of aromatic nitrogens is 3. The zero-order valence-corrected chi connectivity index (χ0v) is 10.5. The van der Waals surface area contributed by atoms with Crippen molar-refractivity contribution >= 4 is 0 Å². The molecule has 0 saturated carbocycles. The number of hydrogen-bond donors (Lipinski definition) is 1. The van der Waals surface area contributed by atoms with Crippen LogP contribution in [-0.4, -0.2) is 21.3 Å². The molecule has 3 rings (SSSR count). The van der Waals surface area contributed by atoms with Gasteiger partial charge in [-0.25, -0.2) is 0 Å². The van der Waals surface area contributed by atoms with E-state index in [4.69, 9.17) is 5.73 Å². The minimum absolute atomic E-state index is 0.665. The zero-order chi connectivity index (χ0) is 12.4. The molecule has 0 unspecified atom stereocenters. The summed E-state index contributed by atoms with van der Waals surface area (Å²) in [5.41, 5.74) is 8.13. The highest BCUT2D eigenvalue weighted by molar-refractivity contribution is 5.60. The molecule has 0 amide bonds. The van der Waals surface area contributed by atoms with Gasteiger partial charge < -0.3 is 10.3 Å². The summed E-state index contributed by atoms with van der Waals surface area (Å²) >= 11 is 0. The third-order valence-electron chi connectivity index (χ3n) is 3.53. The molecule has 2 N–H and O–H groups in total. The molecule has 1 aliphatic heterocycles. The first-order chi connectivity index (χ1) is 8.90. The Morgan fingerprint density at radius 2 is 2.06 bits per heavy atom. The number of aryl methyl sites for hydroxylation is 1. The Labute approximate surface area is 107 Å². The molecule has 18 heavy (non-hydrogen) atoms.